The van der Waals surface area contributed by atoms with Crippen molar-refractivity contribution in [3.05, 3.63) is 0 Å². The predicted molar refractivity (Wildman–Crippen MR) is 39.5 cm³/mol. The van der Waals surface area contributed by atoms with E-state index in [4.69, 9.17) is 0 Å². The standard InChI is InChI=1S/2C3H7NO/c1-4(2)3-5;1-2-4-3-5/h3H,1-2H3;3H,2H2,1H3,(H,4,5). The lowest BCUT2D eigenvalue weighted by atomic mass is 10.8. The first-order valence-corrected chi connectivity index (χ1v) is 2.97. The molecule has 10 heavy (non-hydrogen) atoms. The Hall–Kier alpha value is -1.06. The van der Waals surface area contributed by atoms with Gasteiger partial charge in [-0.2, -0.15) is 0 Å². The quantitative estimate of drug-likeness (QED) is 0.543. The van der Waals surface area contributed by atoms with Crippen LogP contribution in [-0.4, -0.2) is 38.4 Å². The highest BCUT2D eigenvalue weighted by Crippen LogP contribution is 1.52. The molecular formula is C6H14N2O2. The maximum absolute atomic E-state index is 9.43. The molecule has 0 saturated heterocycles. The van der Waals surface area contributed by atoms with Crippen molar-refractivity contribution in [3.63, 3.8) is 0 Å². The summed E-state index contributed by atoms with van der Waals surface area (Å²) < 4.78 is 0. The van der Waals surface area contributed by atoms with Crippen LogP contribution in [0.4, 0.5) is 0 Å². The number of nitrogens with zero attached hydrogens (tertiary/aromatic N) is 1. The summed E-state index contributed by atoms with van der Waals surface area (Å²) >= 11 is 0. The van der Waals surface area contributed by atoms with Gasteiger partial charge in [-0.1, -0.05) is 0 Å². The number of amides is 2. The van der Waals surface area contributed by atoms with Crippen molar-refractivity contribution in [1.82, 2.24) is 10.2 Å². The van der Waals surface area contributed by atoms with Gasteiger partial charge in [-0.15, -0.1) is 0 Å². The van der Waals surface area contributed by atoms with Gasteiger partial charge >= 0.3 is 0 Å². The average Bonchev–Trinajstić information content (AvgIpc) is 1.91. The van der Waals surface area contributed by atoms with Crippen LogP contribution in [0.5, 0.6) is 0 Å². The lowest BCUT2D eigenvalue weighted by Gasteiger charge is -1.93. The number of carbonyl (C=O) groups is 2. The van der Waals surface area contributed by atoms with Gasteiger partial charge in [0.15, 0.2) is 0 Å². The first kappa shape index (κ1) is 11.7. The second-order valence-corrected chi connectivity index (χ2v) is 1.74. The molecule has 0 aliphatic rings. The van der Waals surface area contributed by atoms with Gasteiger partial charge in [0.1, 0.15) is 0 Å². The molecule has 0 rings (SSSR count). The summed E-state index contributed by atoms with van der Waals surface area (Å²) in [5.41, 5.74) is 0. The van der Waals surface area contributed by atoms with Gasteiger partial charge in [0, 0.05) is 20.6 Å². The van der Waals surface area contributed by atoms with E-state index in [0.29, 0.717) is 6.41 Å². The minimum atomic E-state index is 0.681. The fourth-order valence-electron chi connectivity index (χ4n) is 0.0833. The van der Waals surface area contributed by atoms with E-state index >= 15 is 0 Å². The third-order valence-corrected chi connectivity index (χ3v) is 0.498. The Kier molecular flexibility index (Phi) is 12.7. The maximum atomic E-state index is 9.43. The monoisotopic (exact) mass is 146 g/mol. The van der Waals surface area contributed by atoms with Crippen molar-refractivity contribution in [1.29, 1.82) is 0 Å². The number of rotatable bonds is 3. The zero-order valence-corrected chi connectivity index (χ0v) is 6.63. The minimum absolute atomic E-state index is 0.681. The summed E-state index contributed by atoms with van der Waals surface area (Å²) in [7, 11) is 3.38. The molecule has 0 atom stereocenters. The van der Waals surface area contributed by atoms with Crippen molar-refractivity contribution >= 4 is 12.8 Å². The summed E-state index contributed by atoms with van der Waals surface area (Å²) in [5, 5.41) is 2.43. The molecular weight excluding hydrogens is 132 g/mol. The molecule has 0 aromatic rings. The minimum Gasteiger partial charge on any atom is -0.359 e. The number of nitrogens with one attached hydrogen (secondary N) is 1. The Labute approximate surface area is 61.2 Å². The molecule has 0 unspecified atom stereocenters. The summed E-state index contributed by atoms with van der Waals surface area (Å²) in [6.07, 6.45) is 1.43. The molecule has 60 valence electrons. The van der Waals surface area contributed by atoms with Crippen LogP contribution in [0.2, 0.25) is 0 Å². The van der Waals surface area contributed by atoms with Crippen LogP contribution < -0.4 is 5.32 Å². The molecule has 0 spiro atoms. The van der Waals surface area contributed by atoms with Crippen LogP contribution >= 0.6 is 0 Å². The molecule has 1 N–H and O–H groups in total. The molecule has 0 aliphatic heterocycles. The van der Waals surface area contributed by atoms with Crippen LogP contribution in [0.3, 0.4) is 0 Å². The third kappa shape index (κ3) is 28.3. The zero-order chi connectivity index (χ0) is 8.41. The SMILES string of the molecule is CCNC=O.CN(C)C=O. The van der Waals surface area contributed by atoms with Crippen molar-refractivity contribution in [2.24, 2.45) is 0 Å². The van der Waals surface area contributed by atoms with Gasteiger partial charge in [0.05, 0.1) is 0 Å². The molecule has 0 radical (unpaired) electrons. The molecule has 2 amide bonds. The molecule has 0 aromatic heterocycles. The van der Waals surface area contributed by atoms with E-state index in [1.165, 1.54) is 4.90 Å². The highest BCUT2D eigenvalue weighted by molar-refractivity contribution is 5.45. The number of hydrogen-bond acceptors (Lipinski definition) is 2. The largest absolute Gasteiger partial charge is 0.359 e. The topological polar surface area (TPSA) is 49.4 Å². The lowest BCUT2D eigenvalue weighted by Crippen LogP contribution is -2.07. The Morgan fingerprint density at radius 2 is 1.80 bits per heavy atom. The molecule has 0 saturated carbocycles. The second-order valence-electron chi connectivity index (χ2n) is 1.74. The first-order valence-electron chi connectivity index (χ1n) is 2.97. The van der Waals surface area contributed by atoms with Crippen molar-refractivity contribution in [3.8, 4) is 0 Å². The van der Waals surface area contributed by atoms with Gasteiger partial charge < -0.3 is 10.2 Å². The Morgan fingerprint density at radius 3 is 1.80 bits per heavy atom. The third-order valence-electron chi connectivity index (χ3n) is 0.498. The van der Waals surface area contributed by atoms with Gasteiger partial charge in [-0.25, -0.2) is 0 Å². The molecule has 0 heterocycles. The second kappa shape index (κ2) is 10.8. The molecule has 0 aliphatic carbocycles. The average molecular weight is 146 g/mol. The Balaban J connectivity index is 0. The highest BCUT2D eigenvalue weighted by atomic mass is 16.1. The molecule has 4 nitrogen and oxygen atoms in total. The molecule has 0 aromatic carbocycles. The molecule has 4 heteroatoms. The first-order chi connectivity index (χ1) is 4.68. The molecule has 0 fully saturated rings. The van der Waals surface area contributed by atoms with Crippen LogP contribution in [-0.2, 0) is 9.59 Å². The zero-order valence-electron chi connectivity index (χ0n) is 6.63. The van der Waals surface area contributed by atoms with Crippen molar-refractivity contribution in [2.45, 2.75) is 6.92 Å². The fraction of sp³-hybridized carbons (Fsp3) is 0.667. The van der Waals surface area contributed by atoms with E-state index in [1.807, 2.05) is 6.92 Å². The van der Waals surface area contributed by atoms with Crippen molar-refractivity contribution in [2.75, 3.05) is 20.6 Å². The Morgan fingerprint density at radius 1 is 1.40 bits per heavy atom. The Bertz CT molecular complexity index is 83.8. The van der Waals surface area contributed by atoms with Gasteiger partial charge in [-0.05, 0) is 6.92 Å². The van der Waals surface area contributed by atoms with Crippen LogP contribution in [0.25, 0.3) is 0 Å². The molecule has 0 bridgehead atoms. The van der Waals surface area contributed by atoms with E-state index in [1.54, 1.807) is 14.1 Å². The van der Waals surface area contributed by atoms with E-state index in [9.17, 15) is 9.59 Å². The van der Waals surface area contributed by atoms with E-state index < -0.39 is 0 Å². The number of carbonyl (C=O) groups excluding carboxylic acids is 2. The van der Waals surface area contributed by atoms with E-state index in [2.05, 4.69) is 5.32 Å². The van der Waals surface area contributed by atoms with Gasteiger partial charge in [0.25, 0.3) is 0 Å². The smallest absolute Gasteiger partial charge is 0.209 e. The number of hydrogen-bond donors (Lipinski definition) is 1. The van der Waals surface area contributed by atoms with Crippen LogP contribution in [0, 0.1) is 0 Å². The van der Waals surface area contributed by atoms with E-state index in [-0.39, 0.29) is 0 Å². The normalized spacial score (nSPS) is 6.70. The predicted octanol–water partition coefficient (Wildman–Crippen LogP) is -0.543. The van der Waals surface area contributed by atoms with Gasteiger partial charge in [-0.3, -0.25) is 9.59 Å². The van der Waals surface area contributed by atoms with E-state index in [0.717, 1.165) is 13.0 Å². The fourth-order valence-corrected chi connectivity index (χ4v) is 0.0833. The highest BCUT2D eigenvalue weighted by Gasteiger charge is 1.68. The lowest BCUT2D eigenvalue weighted by molar-refractivity contribution is -0.116. The van der Waals surface area contributed by atoms with Crippen LogP contribution in [0.1, 0.15) is 6.92 Å². The van der Waals surface area contributed by atoms with Crippen molar-refractivity contribution < 1.29 is 9.59 Å². The maximum Gasteiger partial charge on any atom is 0.209 e. The van der Waals surface area contributed by atoms with Gasteiger partial charge in [0.2, 0.25) is 12.8 Å². The summed E-state index contributed by atoms with van der Waals surface area (Å²) in [6, 6.07) is 0. The summed E-state index contributed by atoms with van der Waals surface area (Å²) in [6.45, 7) is 2.60. The summed E-state index contributed by atoms with van der Waals surface area (Å²) in [4.78, 5) is 20.2. The summed E-state index contributed by atoms with van der Waals surface area (Å²) in [5.74, 6) is 0. The van der Waals surface area contributed by atoms with Crippen LogP contribution in [0.15, 0.2) is 0 Å².